The molecule has 0 saturated heterocycles. The van der Waals surface area contributed by atoms with E-state index in [4.69, 9.17) is 14.9 Å². The lowest BCUT2D eigenvalue weighted by Crippen LogP contribution is -2.15. The van der Waals surface area contributed by atoms with Gasteiger partial charge in [0.2, 0.25) is 0 Å². The van der Waals surface area contributed by atoms with E-state index >= 15 is 0 Å². The summed E-state index contributed by atoms with van der Waals surface area (Å²) in [6.45, 7) is 3.50. The zero-order valence-electron chi connectivity index (χ0n) is 7.18. The molecule has 1 rings (SSSR count). The predicted octanol–water partition coefficient (Wildman–Crippen LogP) is 1.02. The van der Waals surface area contributed by atoms with Crippen LogP contribution in [0.2, 0.25) is 0 Å². The van der Waals surface area contributed by atoms with Gasteiger partial charge in [-0.1, -0.05) is 24.8 Å². The van der Waals surface area contributed by atoms with Crippen LogP contribution in [-0.2, 0) is 0 Å². The maximum atomic E-state index is 8.53. The van der Waals surface area contributed by atoms with E-state index in [1.807, 2.05) is 12.1 Å². The average molecular weight is 180 g/mol. The zero-order valence-corrected chi connectivity index (χ0v) is 7.18. The Morgan fingerprint density at radius 3 is 2.38 bits per heavy atom. The molecule has 0 aromatic heterocycles. The Labute approximate surface area is 76.9 Å². The lowest BCUT2D eigenvalue weighted by molar-refractivity contribution is -0.0680. The molecule has 0 aliphatic carbocycles. The minimum Gasteiger partial charge on any atom is -0.488 e. The lowest BCUT2D eigenvalue weighted by Gasteiger charge is -2.06. The molecule has 0 unspecified atom stereocenters. The Hall–Kier alpha value is -1.32. The number of ether oxygens (including phenoxy) is 1. The zero-order chi connectivity index (χ0) is 9.68. The van der Waals surface area contributed by atoms with Gasteiger partial charge in [-0.15, -0.1) is 0 Å². The number of benzene rings is 1. The van der Waals surface area contributed by atoms with Gasteiger partial charge in [-0.2, -0.15) is 0 Å². The molecule has 0 saturated carbocycles. The van der Waals surface area contributed by atoms with Crippen LogP contribution in [0.1, 0.15) is 5.56 Å². The summed E-state index contributed by atoms with van der Waals surface area (Å²) < 4.78 is 5.03. The highest BCUT2D eigenvalue weighted by molar-refractivity contribution is 5.48. The molecule has 1 aromatic carbocycles. The van der Waals surface area contributed by atoms with Gasteiger partial charge in [0.1, 0.15) is 12.4 Å². The first-order valence-corrected chi connectivity index (χ1v) is 3.94. The molecule has 2 N–H and O–H groups in total. The van der Waals surface area contributed by atoms with Crippen molar-refractivity contribution in [1.82, 2.24) is 0 Å². The molecule has 0 aliphatic heterocycles. The van der Waals surface area contributed by atoms with Gasteiger partial charge in [0.25, 0.3) is 0 Å². The maximum Gasteiger partial charge on any atom is 0.186 e. The molecule has 1 aromatic rings. The van der Waals surface area contributed by atoms with Crippen LogP contribution in [0.5, 0.6) is 5.75 Å². The topological polar surface area (TPSA) is 49.7 Å². The summed E-state index contributed by atoms with van der Waals surface area (Å²) in [6, 6.07) is 7.18. The highest BCUT2D eigenvalue weighted by Crippen LogP contribution is 2.12. The van der Waals surface area contributed by atoms with Crippen molar-refractivity contribution in [3.8, 4) is 5.75 Å². The second kappa shape index (κ2) is 4.64. The van der Waals surface area contributed by atoms with E-state index in [-0.39, 0.29) is 6.61 Å². The molecule has 0 spiro atoms. The third-order valence-corrected chi connectivity index (χ3v) is 1.51. The molecule has 70 valence electrons. The van der Waals surface area contributed by atoms with Crippen LogP contribution in [0.3, 0.4) is 0 Å². The Kier molecular flexibility index (Phi) is 3.49. The van der Waals surface area contributed by atoms with Gasteiger partial charge in [0.15, 0.2) is 6.29 Å². The van der Waals surface area contributed by atoms with E-state index in [1.165, 1.54) is 0 Å². The molecule has 13 heavy (non-hydrogen) atoms. The first kappa shape index (κ1) is 9.77. The van der Waals surface area contributed by atoms with Gasteiger partial charge < -0.3 is 14.9 Å². The summed E-state index contributed by atoms with van der Waals surface area (Å²) in [6.07, 6.45) is 0.295. The summed E-state index contributed by atoms with van der Waals surface area (Å²) >= 11 is 0. The van der Waals surface area contributed by atoms with Gasteiger partial charge in [0.05, 0.1) is 0 Å². The Morgan fingerprint density at radius 1 is 1.31 bits per heavy atom. The summed E-state index contributed by atoms with van der Waals surface area (Å²) in [7, 11) is 0. The van der Waals surface area contributed by atoms with E-state index in [0.29, 0.717) is 5.75 Å². The molecular weight excluding hydrogens is 168 g/mol. The van der Waals surface area contributed by atoms with Gasteiger partial charge in [-0.3, -0.25) is 0 Å². The normalized spacial score (nSPS) is 10.1. The van der Waals surface area contributed by atoms with Crippen LogP contribution in [0.15, 0.2) is 30.8 Å². The second-order valence-electron chi connectivity index (χ2n) is 2.56. The average Bonchev–Trinajstić information content (AvgIpc) is 2.15. The summed E-state index contributed by atoms with van der Waals surface area (Å²) in [5.74, 6) is 0.610. The fourth-order valence-electron chi connectivity index (χ4n) is 0.871. The van der Waals surface area contributed by atoms with Gasteiger partial charge >= 0.3 is 0 Å². The SMILES string of the molecule is C=Cc1ccc(OCC(O)O)cc1. The first-order valence-electron chi connectivity index (χ1n) is 3.94. The molecule has 0 heterocycles. The summed E-state index contributed by atoms with van der Waals surface area (Å²) in [5.41, 5.74) is 0.997. The molecular formula is C10H12O3. The molecule has 0 radical (unpaired) electrons. The fourth-order valence-corrected chi connectivity index (χ4v) is 0.871. The Morgan fingerprint density at radius 2 is 1.92 bits per heavy atom. The lowest BCUT2D eigenvalue weighted by atomic mass is 10.2. The standard InChI is InChI=1S/C10H12O3/c1-2-8-3-5-9(6-4-8)13-7-10(11)12/h2-6,10-12H,1,7H2. The number of hydrogen-bond acceptors (Lipinski definition) is 3. The van der Waals surface area contributed by atoms with Crippen LogP contribution < -0.4 is 4.74 Å². The van der Waals surface area contributed by atoms with Gasteiger partial charge in [-0.05, 0) is 17.7 Å². The second-order valence-corrected chi connectivity index (χ2v) is 2.56. The molecule has 0 amide bonds. The van der Waals surface area contributed by atoms with Crippen molar-refractivity contribution in [1.29, 1.82) is 0 Å². The number of rotatable bonds is 4. The third kappa shape index (κ3) is 3.27. The largest absolute Gasteiger partial charge is 0.488 e. The minimum atomic E-state index is -1.43. The molecule has 0 fully saturated rings. The summed E-state index contributed by atoms with van der Waals surface area (Å²) in [5, 5.41) is 17.1. The van der Waals surface area contributed by atoms with Crippen LogP contribution in [-0.4, -0.2) is 23.1 Å². The predicted molar refractivity (Wildman–Crippen MR) is 50.3 cm³/mol. The summed E-state index contributed by atoms with van der Waals surface area (Å²) in [4.78, 5) is 0. The molecule has 0 bridgehead atoms. The monoisotopic (exact) mass is 180 g/mol. The van der Waals surface area contributed by atoms with Crippen LogP contribution >= 0.6 is 0 Å². The van der Waals surface area contributed by atoms with Gasteiger partial charge in [0, 0.05) is 0 Å². The van der Waals surface area contributed by atoms with E-state index in [1.54, 1.807) is 18.2 Å². The van der Waals surface area contributed by atoms with E-state index in [0.717, 1.165) is 5.56 Å². The number of aliphatic hydroxyl groups is 2. The number of aliphatic hydroxyl groups excluding tert-OH is 1. The molecule has 0 aliphatic rings. The first-order chi connectivity index (χ1) is 6.22. The van der Waals surface area contributed by atoms with Crippen molar-refractivity contribution in [2.75, 3.05) is 6.61 Å². The van der Waals surface area contributed by atoms with Crippen LogP contribution in [0, 0.1) is 0 Å². The van der Waals surface area contributed by atoms with E-state index < -0.39 is 6.29 Å². The van der Waals surface area contributed by atoms with Crippen LogP contribution in [0.25, 0.3) is 6.08 Å². The fraction of sp³-hybridized carbons (Fsp3) is 0.200. The highest BCUT2D eigenvalue weighted by atomic mass is 16.5. The quantitative estimate of drug-likeness (QED) is 0.680. The van der Waals surface area contributed by atoms with Crippen molar-refractivity contribution in [2.24, 2.45) is 0 Å². The maximum absolute atomic E-state index is 8.53. The number of hydrogen-bond donors (Lipinski definition) is 2. The molecule has 0 atom stereocenters. The van der Waals surface area contributed by atoms with Crippen molar-refractivity contribution < 1.29 is 14.9 Å². The molecule has 3 heteroatoms. The van der Waals surface area contributed by atoms with E-state index in [9.17, 15) is 0 Å². The van der Waals surface area contributed by atoms with E-state index in [2.05, 4.69) is 6.58 Å². The Bertz CT molecular complexity index is 264. The Balaban J connectivity index is 2.54. The van der Waals surface area contributed by atoms with Crippen molar-refractivity contribution >= 4 is 6.08 Å². The van der Waals surface area contributed by atoms with Gasteiger partial charge in [-0.25, -0.2) is 0 Å². The van der Waals surface area contributed by atoms with Crippen molar-refractivity contribution in [2.45, 2.75) is 6.29 Å². The minimum absolute atomic E-state index is 0.118. The third-order valence-electron chi connectivity index (χ3n) is 1.51. The smallest absolute Gasteiger partial charge is 0.186 e. The van der Waals surface area contributed by atoms with Crippen molar-refractivity contribution in [3.63, 3.8) is 0 Å². The van der Waals surface area contributed by atoms with Crippen LogP contribution in [0.4, 0.5) is 0 Å². The van der Waals surface area contributed by atoms with Crippen molar-refractivity contribution in [3.05, 3.63) is 36.4 Å². The highest BCUT2D eigenvalue weighted by Gasteiger charge is 1.98. The molecule has 3 nitrogen and oxygen atoms in total.